The standard InChI is InChI=1S/C11H20N8O/c1-18(2)10-14-9(17-13)15-11(16-10)19(6-4-5-12)7-8-20-3/h4,6-8,13H2,1-3H3,(H,14,15,16,17). The Morgan fingerprint density at radius 1 is 1.25 bits per heavy atom. The van der Waals surface area contributed by atoms with Crippen molar-refractivity contribution in [3.63, 3.8) is 0 Å². The summed E-state index contributed by atoms with van der Waals surface area (Å²) in [7, 11) is 5.27. The number of hydrogen-bond donors (Lipinski definition) is 2. The van der Waals surface area contributed by atoms with E-state index in [4.69, 9.17) is 15.8 Å². The SMILES string of the molecule is COCCN(CCC#N)c1nc(NN)nc(N(C)C)n1. The summed E-state index contributed by atoms with van der Waals surface area (Å²) in [6.07, 6.45) is 0.373. The van der Waals surface area contributed by atoms with E-state index in [-0.39, 0.29) is 5.95 Å². The first kappa shape index (κ1) is 15.9. The van der Waals surface area contributed by atoms with Gasteiger partial charge in [-0.05, 0) is 0 Å². The van der Waals surface area contributed by atoms with Gasteiger partial charge in [0.25, 0.3) is 0 Å². The molecule has 0 amide bonds. The van der Waals surface area contributed by atoms with Crippen LogP contribution in [0.4, 0.5) is 17.8 Å². The van der Waals surface area contributed by atoms with E-state index in [0.29, 0.717) is 38.0 Å². The second-order valence-electron chi connectivity index (χ2n) is 4.19. The van der Waals surface area contributed by atoms with Gasteiger partial charge in [-0.25, -0.2) is 5.84 Å². The van der Waals surface area contributed by atoms with E-state index in [1.54, 1.807) is 12.0 Å². The van der Waals surface area contributed by atoms with Crippen LogP contribution in [0.2, 0.25) is 0 Å². The normalized spacial score (nSPS) is 9.95. The number of nitrogens with zero attached hydrogens (tertiary/aromatic N) is 6. The molecule has 0 aromatic carbocycles. The number of hydrazine groups is 1. The molecule has 0 spiro atoms. The Labute approximate surface area is 118 Å². The first-order chi connectivity index (χ1) is 9.62. The number of nitriles is 1. The molecule has 1 heterocycles. The van der Waals surface area contributed by atoms with Gasteiger partial charge in [-0.1, -0.05) is 0 Å². The van der Waals surface area contributed by atoms with Crippen molar-refractivity contribution < 1.29 is 4.74 Å². The highest BCUT2D eigenvalue weighted by molar-refractivity contribution is 5.44. The maximum atomic E-state index is 8.73. The summed E-state index contributed by atoms with van der Waals surface area (Å²) in [6, 6.07) is 2.11. The van der Waals surface area contributed by atoms with Crippen molar-refractivity contribution in [2.24, 2.45) is 5.84 Å². The van der Waals surface area contributed by atoms with Gasteiger partial charge in [0.2, 0.25) is 17.8 Å². The molecule has 9 heteroatoms. The average molecular weight is 280 g/mol. The van der Waals surface area contributed by atoms with Crippen LogP contribution >= 0.6 is 0 Å². The molecule has 0 aliphatic heterocycles. The molecule has 0 saturated carbocycles. The maximum Gasteiger partial charge on any atom is 0.243 e. The molecule has 1 aromatic rings. The van der Waals surface area contributed by atoms with Crippen molar-refractivity contribution in [3.8, 4) is 6.07 Å². The number of methoxy groups -OCH3 is 1. The van der Waals surface area contributed by atoms with Crippen molar-refractivity contribution in [1.82, 2.24) is 15.0 Å². The van der Waals surface area contributed by atoms with Crippen LogP contribution in [0.25, 0.3) is 0 Å². The fraction of sp³-hybridized carbons (Fsp3) is 0.636. The van der Waals surface area contributed by atoms with Crippen LogP contribution in [-0.2, 0) is 4.74 Å². The number of aromatic nitrogens is 3. The smallest absolute Gasteiger partial charge is 0.243 e. The van der Waals surface area contributed by atoms with E-state index in [0.717, 1.165) is 0 Å². The Morgan fingerprint density at radius 2 is 1.95 bits per heavy atom. The summed E-state index contributed by atoms with van der Waals surface area (Å²) in [4.78, 5) is 16.3. The molecular weight excluding hydrogens is 260 g/mol. The summed E-state index contributed by atoms with van der Waals surface area (Å²) in [5.74, 6) is 6.60. The Morgan fingerprint density at radius 3 is 2.50 bits per heavy atom. The molecule has 9 nitrogen and oxygen atoms in total. The number of nitrogen functional groups attached to an aromatic ring is 1. The number of rotatable bonds is 8. The highest BCUT2D eigenvalue weighted by Crippen LogP contribution is 2.14. The highest BCUT2D eigenvalue weighted by Gasteiger charge is 2.14. The van der Waals surface area contributed by atoms with Crippen LogP contribution in [0.3, 0.4) is 0 Å². The zero-order chi connectivity index (χ0) is 15.0. The minimum absolute atomic E-state index is 0.276. The van der Waals surface area contributed by atoms with Gasteiger partial charge in [0.05, 0.1) is 19.1 Å². The van der Waals surface area contributed by atoms with Gasteiger partial charge in [0.15, 0.2) is 0 Å². The quantitative estimate of drug-likeness (QED) is 0.484. The molecule has 1 aromatic heterocycles. The highest BCUT2D eigenvalue weighted by atomic mass is 16.5. The molecule has 1 rings (SSSR count). The van der Waals surface area contributed by atoms with Crippen molar-refractivity contribution in [1.29, 1.82) is 5.26 Å². The number of hydrogen-bond acceptors (Lipinski definition) is 9. The van der Waals surface area contributed by atoms with E-state index in [2.05, 4.69) is 26.4 Å². The third kappa shape index (κ3) is 4.49. The second kappa shape index (κ2) is 8.08. The topological polar surface area (TPSA) is 116 Å². The summed E-state index contributed by atoms with van der Waals surface area (Å²) in [5.41, 5.74) is 2.42. The van der Waals surface area contributed by atoms with E-state index in [9.17, 15) is 0 Å². The fourth-order valence-electron chi connectivity index (χ4n) is 1.46. The summed E-state index contributed by atoms with van der Waals surface area (Å²) >= 11 is 0. The van der Waals surface area contributed by atoms with E-state index < -0.39 is 0 Å². The van der Waals surface area contributed by atoms with Crippen LogP contribution in [-0.4, -0.2) is 55.9 Å². The van der Waals surface area contributed by atoms with Gasteiger partial charge in [-0.2, -0.15) is 20.2 Å². The molecule has 3 N–H and O–H groups in total. The molecule has 0 aliphatic carbocycles. The van der Waals surface area contributed by atoms with Gasteiger partial charge < -0.3 is 14.5 Å². The predicted octanol–water partition coefficient (Wildman–Crippen LogP) is -0.410. The third-order valence-electron chi connectivity index (χ3n) is 2.48. The van der Waals surface area contributed by atoms with Crippen molar-refractivity contribution in [2.75, 3.05) is 56.1 Å². The molecule has 0 bridgehead atoms. The lowest BCUT2D eigenvalue weighted by atomic mass is 10.4. The Bertz CT molecular complexity index is 458. The van der Waals surface area contributed by atoms with Gasteiger partial charge in [-0.15, -0.1) is 0 Å². The lowest BCUT2D eigenvalue weighted by molar-refractivity contribution is 0.205. The Kier molecular flexibility index (Phi) is 6.42. The summed E-state index contributed by atoms with van der Waals surface area (Å²) < 4.78 is 5.06. The van der Waals surface area contributed by atoms with Crippen LogP contribution < -0.4 is 21.1 Å². The largest absolute Gasteiger partial charge is 0.383 e. The molecule has 0 atom stereocenters. The van der Waals surface area contributed by atoms with Crippen LogP contribution in [0.15, 0.2) is 0 Å². The first-order valence-corrected chi connectivity index (χ1v) is 6.13. The van der Waals surface area contributed by atoms with E-state index in [1.165, 1.54) is 0 Å². The van der Waals surface area contributed by atoms with Gasteiger partial charge in [-0.3, -0.25) is 5.43 Å². The lowest BCUT2D eigenvalue weighted by Gasteiger charge is -2.22. The van der Waals surface area contributed by atoms with E-state index >= 15 is 0 Å². The van der Waals surface area contributed by atoms with Crippen molar-refractivity contribution in [3.05, 3.63) is 0 Å². The average Bonchev–Trinajstić information content (AvgIpc) is 2.46. The number of nitrogens with two attached hydrogens (primary N) is 1. The Hall–Kier alpha value is -2.18. The molecule has 0 radical (unpaired) electrons. The van der Waals surface area contributed by atoms with Gasteiger partial charge in [0.1, 0.15) is 0 Å². The summed E-state index contributed by atoms with van der Waals surface area (Å²) in [5, 5.41) is 8.73. The van der Waals surface area contributed by atoms with Gasteiger partial charge >= 0.3 is 0 Å². The molecule has 0 saturated heterocycles. The molecule has 0 fully saturated rings. The first-order valence-electron chi connectivity index (χ1n) is 6.13. The van der Waals surface area contributed by atoms with Gasteiger partial charge in [0, 0.05) is 34.3 Å². The number of anilines is 3. The molecule has 110 valence electrons. The minimum Gasteiger partial charge on any atom is -0.383 e. The number of nitrogens with one attached hydrogen (secondary N) is 1. The third-order valence-corrected chi connectivity index (χ3v) is 2.48. The zero-order valence-corrected chi connectivity index (χ0v) is 12.0. The van der Waals surface area contributed by atoms with Crippen molar-refractivity contribution in [2.45, 2.75) is 6.42 Å². The fourth-order valence-corrected chi connectivity index (χ4v) is 1.46. The molecule has 0 aliphatic rings. The molecule has 0 unspecified atom stereocenters. The predicted molar refractivity (Wildman–Crippen MR) is 76.3 cm³/mol. The monoisotopic (exact) mass is 280 g/mol. The second-order valence-corrected chi connectivity index (χ2v) is 4.19. The van der Waals surface area contributed by atoms with Crippen LogP contribution in [0.1, 0.15) is 6.42 Å². The minimum atomic E-state index is 0.276. The van der Waals surface area contributed by atoms with Crippen LogP contribution in [0, 0.1) is 11.3 Å². The van der Waals surface area contributed by atoms with Crippen molar-refractivity contribution >= 4 is 17.8 Å². The van der Waals surface area contributed by atoms with E-state index in [1.807, 2.05) is 19.0 Å². The zero-order valence-electron chi connectivity index (χ0n) is 12.0. The maximum absolute atomic E-state index is 8.73. The molecular formula is C11H20N8O. The number of ether oxygens (including phenoxy) is 1. The summed E-state index contributed by atoms with van der Waals surface area (Å²) in [6.45, 7) is 1.61. The lowest BCUT2D eigenvalue weighted by Crippen LogP contribution is -2.31. The van der Waals surface area contributed by atoms with Crippen LogP contribution in [0.5, 0.6) is 0 Å². The molecule has 20 heavy (non-hydrogen) atoms. The Balaban J connectivity index is 3.03.